The van der Waals surface area contributed by atoms with Gasteiger partial charge in [-0.2, -0.15) is 0 Å². The first kappa shape index (κ1) is 21.8. The van der Waals surface area contributed by atoms with Gasteiger partial charge in [-0.3, -0.25) is 4.90 Å². The molecule has 1 heterocycles. The van der Waals surface area contributed by atoms with Crippen molar-refractivity contribution < 1.29 is 23.4 Å². The van der Waals surface area contributed by atoms with Crippen LogP contribution in [0.2, 0.25) is 0 Å². The predicted octanol–water partition coefficient (Wildman–Crippen LogP) is 5.63. The van der Waals surface area contributed by atoms with Crippen molar-refractivity contribution in [1.29, 1.82) is 0 Å². The van der Waals surface area contributed by atoms with E-state index in [0.717, 1.165) is 17.2 Å². The molecule has 32 heavy (non-hydrogen) atoms. The summed E-state index contributed by atoms with van der Waals surface area (Å²) >= 11 is 0. The van der Waals surface area contributed by atoms with Crippen LogP contribution in [0, 0.1) is 18.6 Å². The SMILES string of the molecule is Cc1ccc(OCc2cccc(F)c2F)cc1N1Cc2ccc(C(C)(C)O)cc2NC1=O. The lowest BCUT2D eigenvalue weighted by molar-refractivity contribution is 0.0786. The third kappa shape index (κ3) is 4.29. The van der Waals surface area contributed by atoms with Crippen LogP contribution in [0.3, 0.4) is 0 Å². The van der Waals surface area contributed by atoms with Crippen LogP contribution in [-0.4, -0.2) is 11.1 Å². The minimum absolute atomic E-state index is 0.111. The number of hydrogen-bond acceptors (Lipinski definition) is 3. The average Bonchev–Trinajstić information content (AvgIpc) is 2.74. The van der Waals surface area contributed by atoms with Crippen LogP contribution < -0.4 is 15.0 Å². The standard InChI is InChI=1S/C25H24F2N2O3/c1-15-7-10-19(32-14-17-5-4-6-20(26)23(17)27)12-22(15)29-13-16-8-9-18(25(2,3)31)11-21(16)28-24(29)30/h4-12,31H,13-14H2,1-3H3,(H,28,30). The molecule has 0 saturated heterocycles. The normalized spacial score (nSPS) is 13.6. The van der Waals surface area contributed by atoms with Crippen LogP contribution in [-0.2, 0) is 18.8 Å². The Kier molecular flexibility index (Phi) is 5.60. The van der Waals surface area contributed by atoms with E-state index in [9.17, 15) is 18.7 Å². The Morgan fingerprint density at radius 3 is 2.66 bits per heavy atom. The molecule has 4 rings (SSSR count). The fraction of sp³-hybridized carbons (Fsp3) is 0.240. The van der Waals surface area contributed by atoms with E-state index in [2.05, 4.69) is 5.32 Å². The van der Waals surface area contributed by atoms with Gasteiger partial charge in [-0.25, -0.2) is 13.6 Å². The van der Waals surface area contributed by atoms with Crippen LogP contribution in [0.1, 0.15) is 36.1 Å². The van der Waals surface area contributed by atoms with E-state index >= 15 is 0 Å². The van der Waals surface area contributed by atoms with Crippen molar-refractivity contribution in [2.24, 2.45) is 0 Å². The van der Waals surface area contributed by atoms with Crippen molar-refractivity contribution in [1.82, 2.24) is 0 Å². The Morgan fingerprint density at radius 2 is 1.91 bits per heavy atom. The van der Waals surface area contributed by atoms with E-state index in [1.807, 2.05) is 25.1 Å². The van der Waals surface area contributed by atoms with Gasteiger partial charge in [0, 0.05) is 17.3 Å². The molecule has 3 aromatic carbocycles. The maximum absolute atomic E-state index is 13.9. The Labute approximate surface area is 185 Å². The number of hydrogen-bond donors (Lipinski definition) is 2. The smallest absolute Gasteiger partial charge is 0.326 e. The van der Waals surface area contributed by atoms with Gasteiger partial charge in [0.05, 0.1) is 17.8 Å². The number of aryl methyl sites for hydroxylation is 1. The Balaban J connectivity index is 1.57. The number of ether oxygens (including phenoxy) is 1. The summed E-state index contributed by atoms with van der Waals surface area (Å²) in [5, 5.41) is 13.1. The fourth-order valence-electron chi connectivity index (χ4n) is 3.62. The first-order valence-electron chi connectivity index (χ1n) is 10.2. The molecule has 2 N–H and O–H groups in total. The third-order valence-corrected chi connectivity index (χ3v) is 5.53. The van der Waals surface area contributed by atoms with Gasteiger partial charge in [-0.1, -0.05) is 30.3 Å². The molecule has 5 nitrogen and oxygen atoms in total. The summed E-state index contributed by atoms with van der Waals surface area (Å²) in [5.74, 6) is -1.42. The lowest BCUT2D eigenvalue weighted by atomic mass is 9.95. The van der Waals surface area contributed by atoms with E-state index in [-0.39, 0.29) is 18.2 Å². The molecular weight excluding hydrogens is 414 g/mol. The number of halogens is 2. The summed E-state index contributed by atoms with van der Waals surface area (Å²) in [6, 6.07) is 14.4. The van der Waals surface area contributed by atoms with Gasteiger partial charge >= 0.3 is 6.03 Å². The van der Waals surface area contributed by atoms with Gasteiger partial charge in [0.1, 0.15) is 12.4 Å². The highest BCUT2D eigenvalue weighted by molar-refractivity contribution is 6.04. The first-order chi connectivity index (χ1) is 15.1. The molecule has 166 valence electrons. The van der Waals surface area contributed by atoms with Crippen molar-refractivity contribution in [3.05, 3.63) is 88.5 Å². The quantitative estimate of drug-likeness (QED) is 0.543. The highest BCUT2D eigenvalue weighted by atomic mass is 19.2. The van der Waals surface area contributed by atoms with E-state index < -0.39 is 17.2 Å². The van der Waals surface area contributed by atoms with Crippen molar-refractivity contribution >= 4 is 17.4 Å². The number of nitrogens with zero attached hydrogens (tertiary/aromatic N) is 1. The molecular formula is C25H24F2N2O3. The number of anilines is 2. The largest absolute Gasteiger partial charge is 0.489 e. The number of carbonyl (C=O) groups is 1. The lowest BCUT2D eigenvalue weighted by Crippen LogP contribution is -2.39. The molecule has 1 aliphatic heterocycles. The Bertz CT molecular complexity index is 1190. The number of urea groups is 1. The van der Waals surface area contributed by atoms with Crippen molar-refractivity contribution in [2.45, 2.75) is 39.5 Å². The van der Waals surface area contributed by atoms with Crippen LogP contribution in [0.5, 0.6) is 5.75 Å². The summed E-state index contributed by atoms with van der Waals surface area (Å²) < 4.78 is 33.0. The van der Waals surface area contributed by atoms with Crippen LogP contribution in [0.4, 0.5) is 25.0 Å². The second-order valence-electron chi connectivity index (χ2n) is 8.40. The molecule has 0 fully saturated rings. The van der Waals surface area contributed by atoms with E-state index in [4.69, 9.17) is 4.74 Å². The minimum atomic E-state index is -1.01. The Hall–Kier alpha value is -3.45. The molecule has 1 aliphatic rings. The van der Waals surface area contributed by atoms with Crippen LogP contribution in [0.25, 0.3) is 0 Å². The van der Waals surface area contributed by atoms with E-state index in [1.165, 1.54) is 12.1 Å². The maximum Gasteiger partial charge on any atom is 0.326 e. The lowest BCUT2D eigenvalue weighted by Gasteiger charge is -2.31. The summed E-state index contributed by atoms with van der Waals surface area (Å²) in [6.07, 6.45) is 0. The summed E-state index contributed by atoms with van der Waals surface area (Å²) in [4.78, 5) is 14.5. The van der Waals surface area contributed by atoms with Crippen molar-refractivity contribution in [3.63, 3.8) is 0 Å². The molecule has 0 radical (unpaired) electrons. The number of amides is 2. The van der Waals surface area contributed by atoms with Gasteiger partial charge in [0.15, 0.2) is 11.6 Å². The molecule has 0 aliphatic carbocycles. The van der Waals surface area contributed by atoms with E-state index in [0.29, 0.717) is 29.2 Å². The number of fused-ring (bicyclic) bond motifs is 1. The van der Waals surface area contributed by atoms with Crippen molar-refractivity contribution in [2.75, 3.05) is 10.2 Å². The van der Waals surface area contributed by atoms with Gasteiger partial charge in [0.25, 0.3) is 0 Å². The number of carbonyl (C=O) groups excluding carboxylic acids is 1. The van der Waals surface area contributed by atoms with Gasteiger partial charge in [-0.15, -0.1) is 0 Å². The number of nitrogens with one attached hydrogen (secondary N) is 1. The molecule has 3 aromatic rings. The van der Waals surface area contributed by atoms with Crippen molar-refractivity contribution in [3.8, 4) is 5.75 Å². The average molecular weight is 438 g/mol. The van der Waals surface area contributed by atoms with Gasteiger partial charge < -0.3 is 15.2 Å². The van der Waals surface area contributed by atoms with Gasteiger partial charge in [-0.05, 0) is 55.7 Å². The molecule has 0 aromatic heterocycles. The van der Waals surface area contributed by atoms with Gasteiger partial charge in [0.2, 0.25) is 0 Å². The second-order valence-corrected chi connectivity index (χ2v) is 8.40. The summed E-state index contributed by atoms with van der Waals surface area (Å²) in [7, 11) is 0. The highest BCUT2D eigenvalue weighted by Gasteiger charge is 2.27. The van der Waals surface area contributed by atoms with Crippen LogP contribution >= 0.6 is 0 Å². The zero-order chi connectivity index (χ0) is 23.0. The summed E-state index contributed by atoms with van der Waals surface area (Å²) in [5.41, 5.74) is 2.89. The first-order valence-corrected chi connectivity index (χ1v) is 10.2. The molecule has 2 amide bonds. The second kappa shape index (κ2) is 8.24. The van der Waals surface area contributed by atoms with E-state index in [1.54, 1.807) is 36.9 Å². The molecule has 7 heteroatoms. The fourth-order valence-corrected chi connectivity index (χ4v) is 3.62. The monoisotopic (exact) mass is 438 g/mol. The number of aliphatic hydroxyl groups is 1. The molecule has 0 unspecified atom stereocenters. The zero-order valence-corrected chi connectivity index (χ0v) is 18.1. The summed E-state index contributed by atoms with van der Waals surface area (Å²) in [6.45, 7) is 5.47. The molecule has 0 spiro atoms. The molecule has 0 saturated carbocycles. The number of benzene rings is 3. The molecule has 0 atom stereocenters. The highest BCUT2D eigenvalue weighted by Crippen LogP contribution is 2.34. The van der Waals surface area contributed by atoms with Crippen LogP contribution in [0.15, 0.2) is 54.6 Å². The topological polar surface area (TPSA) is 61.8 Å². The minimum Gasteiger partial charge on any atom is -0.489 e. The molecule has 0 bridgehead atoms. The zero-order valence-electron chi connectivity index (χ0n) is 18.1. The Morgan fingerprint density at radius 1 is 1.12 bits per heavy atom. The predicted molar refractivity (Wildman–Crippen MR) is 119 cm³/mol. The third-order valence-electron chi connectivity index (χ3n) is 5.53. The maximum atomic E-state index is 13.9. The number of rotatable bonds is 5.